The molecular formula is C13H17NS. The maximum absolute atomic E-state index is 3.23. The van der Waals surface area contributed by atoms with Gasteiger partial charge in [0.2, 0.25) is 0 Å². The lowest BCUT2D eigenvalue weighted by Crippen LogP contribution is -1.90. The largest absolute Gasteiger partial charge is 0.388 e. The Kier molecular flexibility index (Phi) is 2.70. The first-order valence-corrected chi connectivity index (χ1v) is 6.19. The van der Waals surface area contributed by atoms with Crippen molar-refractivity contribution in [2.24, 2.45) is 0 Å². The molecule has 0 aliphatic heterocycles. The van der Waals surface area contributed by atoms with E-state index >= 15 is 0 Å². The van der Waals surface area contributed by atoms with E-state index < -0.39 is 0 Å². The first-order chi connectivity index (χ1) is 7.17. The van der Waals surface area contributed by atoms with E-state index in [0.29, 0.717) is 0 Å². The second-order valence-corrected chi connectivity index (χ2v) is 5.15. The summed E-state index contributed by atoms with van der Waals surface area (Å²) >= 11 is 1.90. The molecular weight excluding hydrogens is 202 g/mol. The SMILES string of the molecule is CCc1cc(NC)cc2sc(C)c(C)c12. The van der Waals surface area contributed by atoms with Gasteiger partial charge in [0, 0.05) is 22.3 Å². The van der Waals surface area contributed by atoms with Crippen molar-refractivity contribution in [3.8, 4) is 0 Å². The van der Waals surface area contributed by atoms with Gasteiger partial charge in [-0.1, -0.05) is 6.92 Å². The molecule has 0 fully saturated rings. The van der Waals surface area contributed by atoms with E-state index in [9.17, 15) is 0 Å². The Balaban J connectivity index is 2.81. The zero-order valence-electron chi connectivity index (χ0n) is 9.77. The lowest BCUT2D eigenvalue weighted by molar-refractivity contribution is 1.16. The number of anilines is 1. The average Bonchev–Trinajstić information content (AvgIpc) is 2.53. The van der Waals surface area contributed by atoms with Gasteiger partial charge >= 0.3 is 0 Å². The lowest BCUT2D eigenvalue weighted by atomic mass is 10.0. The average molecular weight is 219 g/mol. The fourth-order valence-electron chi connectivity index (χ4n) is 2.02. The van der Waals surface area contributed by atoms with Crippen molar-refractivity contribution >= 4 is 27.1 Å². The zero-order chi connectivity index (χ0) is 11.0. The lowest BCUT2D eigenvalue weighted by Gasteiger charge is -2.06. The van der Waals surface area contributed by atoms with Crippen LogP contribution in [0.25, 0.3) is 10.1 Å². The Hall–Kier alpha value is -1.02. The number of benzene rings is 1. The van der Waals surface area contributed by atoms with Crippen LogP contribution in [0.2, 0.25) is 0 Å². The highest BCUT2D eigenvalue weighted by molar-refractivity contribution is 7.19. The molecule has 1 nitrogen and oxygen atoms in total. The van der Waals surface area contributed by atoms with Crippen LogP contribution in [-0.4, -0.2) is 7.05 Å². The normalized spacial score (nSPS) is 10.9. The molecule has 2 rings (SSSR count). The number of hydrogen-bond donors (Lipinski definition) is 1. The van der Waals surface area contributed by atoms with Gasteiger partial charge in [-0.05, 0) is 48.9 Å². The van der Waals surface area contributed by atoms with Crippen molar-refractivity contribution in [2.75, 3.05) is 12.4 Å². The van der Waals surface area contributed by atoms with E-state index in [2.05, 4.69) is 38.2 Å². The molecule has 0 aliphatic rings. The van der Waals surface area contributed by atoms with Crippen LogP contribution < -0.4 is 5.32 Å². The third-order valence-electron chi connectivity index (χ3n) is 3.02. The summed E-state index contributed by atoms with van der Waals surface area (Å²) in [5.74, 6) is 0. The summed E-state index contributed by atoms with van der Waals surface area (Å²) in [5.41, 5.74) is 4.13. The quantitative estimate of drug-likeness (QED) is 0.801. The molecule has 0 spiro atoms. The van der Waals surface area contributed by atoms with Crippen molar-refractivity contribution in [1.29, 1.82) is 0 Å². The van der Waals surface area contributed by atoms with Gasteiger partial charge in [0.1, 0.15) is 0 Å². The van der Waals surface area contributed by atoms with Crippen LogP contribution in [0.4, 0.5) is 5.69 Å². The summed E-state index contributed by atoms with van der Waals surface area (Å²) in [6.07, 6.45) is 1.10. The molecule has 80 valence electrons. The fraction of sp³-hybridized carbons (Fsp3) is 0.385. The minimum atomic E-state index is 1.10. The predicted octanol–water partition coefficient (Wildman–Crippen LogP) is 4.12. The Bertz CT molecular complexity index is 497. The molecule has 0 radical (unpaired) electrons. The predicted molar refractivity (Wildman–Crippen MR) is 70.2 cm³/mol. The Morgan fingerprint density at radius 2 is 2.00 bits per heavy atom. The topological polar surface area (TPSA) is 12.0 Å². The molecule has 1 aromatic carbocycles. The van der Waals surface area contributed by atoms with Crippen molar-refractivity contribution in [2.45, 2.75) is 27.2 Å². The maximum Gasteiger partial charge on any atom is 0.0371 e. The highest BCUT2D eigenvalue weighted by Gasteiger charge is 2.09. The second kappa shape index (κ2) is 3.86. The van der Waals surface area contributed by atoms with Crippen LogP contribution in [0.1, 0.15) is 22.9 Å². The van der Waals surface area contributed by atoms with Gasteiger partial charge in [0.25, 0.3) is 0 Å². The minimum absolute atomic E-state index is 1.10. The molecule has 0 saturated carbocycles. The molecule has 0 aliphatic carbocycles. The minimum Gasteiger partial charge on any atom is -0.388 e. The third kappa shape index (κ3) is 1.63. The first kappa shape index (κ1) is 10.5. The van der Waals surface area contributed by atoms with Crippen LogP contribution in [0.5, 0.6) is 0 Å². The van der Waals surface area contributed by atoms with Crippen molar-refractivity contribution in [3.05, 3.63) is 28.1 Å². The molecule has 0 amide bonds. The van der Waals surface area contributed by atoms with Crippen LogP contribution in [-0.2, 0) is 6.42 Å². The number of fused-ring (bicyclic) bond motifs is 1. The third-order valence-corrected chi connectivity index (χ3v) is 4.17. The number of thiophene rings is 1. The van der Waals surface area contributed by atoms with Gasteiger partial charge in [-0.3, -0.25) is 0 Å². The van der Waals surface area contributed by atoms with E-state index in [1.54, 1.807) is 0 Å². The smallest absolute Gasteiger partial charge is 0.0371 e. The molecule has 0 atom stereocenters. The number of hydrogen-bond acceptors (Lipinski definition) is 2. The highest BCUT2D eigenvalue weighted by Crippen LogP contribution is 2.35. The molecule has 0 saturated heterocycles. The van der Waals surface area contributed by atoms with Gasteiger partial charge in [-0.25, -0.2) is 0 Å². The molecule has 15 heavy (non-hydrogen) atoms. The fourth-order valence-corrected chi connectivity index (χ4v) is 3.18. The standard InChI is InChI=1S/C13H17NS/c1-5-10-6-11(14-4)7-12-13(10)8(2)9(3)15-12/h6-7,14H,5H2,1-4H3. The number of rotatable bonds is 2. The van der Waals surface area contributed by atoms with Crippen molar-refractivity contribution in [1.82, 2.24) is 0 Å². The number of aryl methyl sites for hydroxylation is 3. The Morgan fingerprint density at radius 1 is 1.27 bits per heavy atom. The van der Waals surface area contributed by atoms with Gasteiger partial charge in [0.05, 0.1) is 0 Å². The molecule has 2 aromatic rings. The second-order valence-electron chi connectivity index (χ2n) is 3.90. The van der Waals surface area contributed by atoms with E-state index in [0.717, 1.165) is 6.42 Å². The van der Waals surface area contributed by atoms with Gasteiger partial charge in [-0.2, -0.15) is 0 Å². The Labute approximate surface area is 95.1 Å². The van der Waals surface area contributed by atoms with Crippen molar-refractivity contribution < 1.29 is 0 Å². The summed E-state index contributed by atoms with van der Waals surface area (Å²) < 4.78 is 1.41. The number of nitrogens with one attached hydrogen (secondary N) is 1. The van der Waals surface area contributed by atoms with E-state index in [1.165, 1.54) is 31.8 Å². The summed E-state index contributed by atoms with van der Waals surface area (Å²) in [7, 11) is 1.98. The van der Waals surface area contributed by atoms with E-state index in [-0.39, 0.29) is 0 Å². The van der Waals surface area contributed by atoms with Gasteiger partial charge < -0.3 is 5.32 Å². The summed E-state index contributed by atoms with van der Waals surface area (Å²) in [5, 5.41) is 4.70. The summed E-state index contributed by atoms with van der Waals surface area (Å²) in [6.45, 7) is 6.66. The Morgan fingerprint density at radius 3 is 2.60 bits per heavy atom. The van der Waals surface area contributed by atoms with Crippen LogP contribution in [0, 0.1) is 13.8 Å². The molecule has 2 heteroatoms. The summed E-state index contributed by atoms with van der Waals surface area (Å²) in [4.78, 5) is 1.44. The monoisotopic (exact) mass is 219 g/mol. The van der Waals surface area contributed by atoms with E-state index in [1.807, 2.05) is 18.4 Å². The van der Waals surface area contributed by atoms with Gasteiger partial charge in [-0.15, -0.1) is 11.3 Å². The van der Waals surface area contributed by atoms with Crippen LogP contribution in [0.15, 0.2) is 12.1 Å². The van der Waals surface area contributed by atoms with Crippen molar-refractivity contribution in [3.63, 3.8) is 0 Å². The van der Waals surface area contributed by atoms with E-state index in [4.69, 9.17) is 0 Å². The molecule has 1 heterocycles. The molecule has 0 bridgehead atoms. The van der Waals surface area contributed by atoms with Gasteiger partial charge in [0.15, 0.2) is 0 Å². The first-order valence-electron chi connectivity index (χ1n) is 5.37. The molecule has 1 aromatic heterocycles. The van der Waals surface area contributed by atoms with Crippen LogP contribution >= 0.6 is 11.3 Å². The maximum atomic E-state index is 3.23. The van der Waals surface area contributed by atoms with Crippen LogP contribution in [0.3, 0.4) is 0 Å². The summed E-state index contributed by atoms with van der Waals surface area (Å²) in [6, 6.07) is 4.51. The zero-order valence-corrected chi connectivity index (χ0v) is 10.6. The highest BCUT2D eigenvalue weighted by atomic mass is 32.1. The molecule has 0 unspecified atom stereocenters. The molecule has 1 N–H and O–H groups in total.